The molecule has 1 heterocycles. The van der Waals surface area contributed by atoms with Gasteiger partial charge in [0.25, 0.3) is 0 Å². The monoisotopic (exact) mass is 284 g/mol. The SMILES string of the molecule is Nc1nc2cc(Cl)ccc2nc1NC(=O)CCCl. The largest absolute Gasteiger partial charge is 0.381 e. The van der Waals surface area contributed by atoms with Gasteiger partial charge < -0.3 is 11.1 Å². The van der Waals surface area contributed by atoms with E-state index in [4.69, 9.17) is 28.9 Å². The molecule has 0 unspecified atom stereocenters. The van der Waals surface area contributed by atoms with Crippen molar-refractivity contribution in [3.05, 3.63) is 23.2 Å². The zero-order valence-corrected chi connectivity index (χ0v) is 10.8. The fraction of sp³-hybridized carbons (Fsp3) is 0.182. The van der Waals surface area contributed by atoms with Crippen molar-refractivity contribution in [2.75, 3.05) is 16.9 Å². The Morgan fingerprint density at radius 2 is 2.11 bits per heavy atom. The van der Waals surface area contributed by atoms with E-state index in [0.717, 1.165) is 0 Å². The first-order chi connectivity index (χ1) is 8.60. The minimum absolute atomic E-state index is 0.146. The third-order valence-corrected chi connectivity index (χ3v) is 2.66. The number of nitrogens with zero attached hydrogens (tertiary/aromatic N) is 2. The lowest BCUT2D eigenvalue weighted by atomic mass is 10.3. The van der Waals surface area contributed by atoms with Gasteiger partial charge in [-0.05, 0) is 18.2 Å². The minimum atomic E-state index is -0.251. The number of aromatic nitrogens is 2. The smallest absolute Gasteiger partial charge is 0.226 e. The molecule has 0 aliphatic heterocycles. The molecule has 0 spiro atoms. The third-order valence-electron chi connectivity index (χ3n) is 2.23. The minimum Gasteiger partial charge on any atom is -0.381 e. The molecule has 1 amide bonds. The lowest BCUT2D eigenvalue weighted by Gasteiger charge is -2.07. The molecule has 0 atom stereocenters. The fourth-order valence-corrected chi connectivity index (χ4v) is 1.75. The summed E-state index contributed by atoms with van der Waals surface area (Å²) in [6.07, 6.45) is 0.196. The number of carbonyl (C=O) groups excluding carboxylic acids is 1. The van der Waals surface area contributed by atoms with Gasteiger partial charge >= 0.3 is 0 Å². The lowest BCUT2D eigenvalue weighted by molar-refractivity contribution is -0.115. The second-order valence-corrected chi connectivity index (χ2v) is 4.39. The summed E-state index contributed by atoms with van der Waals surface area (Å²) in [5.74, 6) is 0.370. The summed E-state index contributed by atoms with van der Waals surface area (Å²) in [6, 6.07) is 5.06. The first-order valence-corrected chi connectivity index (χ1v) is 6.10. The van der Waals surface area contributed by atoms with Crippen LogP contribution in [0.25, 0.3) is 11.0 Å². The number of hydrogen-bond acceptors (Lipinski definition) is 4. The summed E-state index contributed by atoms with van der Waals surface area (Å²) < 4.78 is 0. The Kier molecular flexibility index (Phi) is 3.84. The van der Waals surface area contributed by atoms with Crippen molar-refractivity contribution in [1.29, 1.82) is 0 Å². The summed E-state index contributed by atoms with van der Waals surface area (Å²) in [5, 5.41) is 3.11. The molecule has 0 fully saturated rings. The summed E-state index contributed by atoms with van der Waals surface area (Å²) in [6.45, 7) is 0. The molecule has 2 rings (SSSR count). The third kappa shape index (κ3) is 2.80. The van der Waals surface area contributed by atoms with Crippen molar-refractivity contribution in [3.8, 4) is 0 Å². The first kappa shape index (κ1) is 12.9. The molecular formula is C11H10Cl2N4O. The van der Waals surface area contributed by atoms with Crippen molar-refractivity contribution in [3.63, 3.8) is 0 Å². The van der Waals surface area contributed by atoms with Gasteiger partial charge in [-0.3, -0.25) is 4.79 Å². The number of rotatable bonds is 3. The normalized spacial score (nSPS) is 10.6. The molecule has 3 N–H and O–H groups in total. The maximum atomic E-state index is 11.4. The number of carbonyl (C=O) groups is 1. The topological polar surface area (TPSA) is 80.9 Å². The van der Waals surface area contributed by atoms with Crippen LogP contribution in [0.15, 0.2) is 18.2 Å². The predicted octanol–water partition coefficient (Wildman–Crippen LogP) is 2.43. The van der Waals surface area contributed by atoms with Crippen LogP contribution in [0, 0.1) is 0 Å². The Morgan fingerprint density at radius 1 is 1.33 bits per heavy atom. The van der Waals surface area contributed by atoms with Gasteiger partial charge in [0.05, 0.1) is 11.0 Å². The van der Waals surface area contributed by atoms with E-state index >= 15 is 0 Å². The van der Waals surface area contributed by atoms with Gasteiger partial charge in [-0.2, -0.15) is 0 Å². The average Bonchev–Trinajstić information content (AvgIpc) is 2.31. The highest BCUT2D eigenvalue weighted by Gasteiger charge is 2.09. The van der Waals surface area contributed by atoms with Gasteiger partial charge in [-0.25, -0.2) is 9.97 Å². The fourth-order valence-electron chi connectivity index (χ4n) is 1.41. The van der Waals surface area contributed by atoms with E-state index in [1.54, 1.807) is 18.2 Å². The molecule has 5 nitrogen and oxygen atoms in total. The second-order valence-electron chi connectivity index (χ2n) is 3.58. The number of alkyl halides is 1. The van der Waals surface area contributed by atoms with Crippen LogP contribution in [-0.4, -0.2) is 21.8 Å². The van der Waals surface area contributed by atoms with Crippen LogP contribution >= 0.6 is 23.2 Å². The van der Waals surface area contributed by atoms with E-state index in [1.165, 1.54) is 0 Å². The van der Waals surface area contributed by atoms with Gasteiger partial charge in [-0.1, -0.05) is 11.6 Å². The van der Waals surface area contributed by atoms with Gasteiger partial charge in [-0.15, -0.1) is 11.6 Å². The molecule has 94 valence electrons. The van der Waals surface area contributed by atoms with E-state index in [0.29, 0.717) is 16.1 Å². The summed E-state index contributed by atoms with van der Waals surface area (Å²) >= 11 is 11.3. The highest BCUT2D eigenvalue weighted by molar-refractivity contribution is 6.31. The number of benzene rings is 1. The molecule has 0 aliphatic carbocycles. The number of amides is 1. The quantitative estimate of drug-likeness (QED) is 0.849. The van der Waals surface area contributed by atoms with Crippen LogP contribution in [0.3, 0.4) is 0 Å². The zero-order valence-electron chi connectivity index (χ0n) is 9.28. The van der Waals surface area contributed by atoms with E-state index in [1.807, 2.05) is 0 Å². The number of nitrogen functional groups attached to an aromatic ring is 1. The molecule has 1 aromatic carbocycles. The molecule has 0 bridgehead atoms. The maximum absolute atomic E-state index is 11.4. The van der Waals surface area contributed by atoms with Gasteiger partial charge in [0, 0.05) is 17.3 Å². The summed E-state index contributed by atoms with van der Waals surface area (Å²) in [7, 11) is 0. The number of nitrogens with two attached hydrogens (primary N) is 1. The number of anilines is 2. The van der Waals surface area contributed by atoms with Gasteiger partial charge in [0.1, 0.15) is 0 Å². The van der Waals surface area contributed by atoms with Crippen LogP contribution in [0.1, 0.15) is 6.42 Å². The molecule has 0 radical (unpaired) electrons. The Bertz CT molecular complexity index is 603. The molecule has 0 saturated heterocycles. The van der Waals surface area contributed by atoms with E-state index in [9.17, 15) is 4.79 Å². The van der Waals surface area contributed by atoms with Crippen LogP contribution in [-0.2, 0) is 4.79 Å². The van der Waals surface area contributed by atoms with Crippen LogP contribution in [0.5, 0.6) is 0 Å². The van der Waals surface area contributed by atoms with Crippen molar-refractivity contribution < 1.29 is 4.79 Å². The standard InChI is InChI=1S/C11H10Cl2N4O/c12-4-3-9(18)17-11-10(14)15-8-5-6(13)1-2-7(8)16-11/h1-2,5H,3-4H2,(H2,14,15)(H,16,17,18). The molecule has 1 aromatic heterocycles. The van der Waals surface area contributed by atoms with Crippen LogP contribution in [0.2, 0.25) is 5.02 Å². The molecule has 2 aromatic rings. The van der Waals surface area contributed by atoms with Crippen molar-refractivity contribution in [1.82, 2.24) is 9.97 Å². The molecule has 18 heavy (non-hydrogen) atoms. The number of nitrogens with one attached hydrogen (secondary N) is 1. The first-order valence-electron chi connectivity index (χ1n) is 5.19. The van der Waals surface area contributed by atoms with E-state index in [2.05, 4.69) is 15.3 Å². The maximum Gasteiger partial charge on any atom is 0.226 e. The number of fused-ring (bicyclic) bond motifs is 1. The van der Waals surface area contributed by atoms with Crippen molar-refractivity contribution >= 4 is 51.8 Å². The summed E-state index contributed by atoms with van der Waals surface area (Å²) in [4.78, 5) is 19.8. The van der Waals surface area contributed by atoms with Gasteiger partial charge in [0.2, 0.25) is 5.91 Å². The highest BCUT2D eigenvalue weighted by atomic mass is 35.5. The van der Waals surface area contributed by atoms with Crippen LogP contribution < -0.4 is 11.1 Å². The lowest BCUT2D eigenvalue weighted by Crippen LogP contribution is -2.15. The Labute approximate surface area is 113 Å². The zero-order chi connectivity index (χ0) is 13.1. The Hall–Kier alpha value is -1.59. The number of hydrogen-bond donors (Lipinski definition) is 2. The van der Waals surface area contributed by atoms with E-state index in [-0.39, 0.29) is 29.8 Å². The molecule has 0 aliphatic rings. The van der Waals surface area contributed by atoms with Crippen molar-refractivity contribution in [2.24, 2.45) is 0 Å². The second kappa shape index (κ2) is 5.37. The van der Waals surface area contributed by atoms with Crippen molar-refractivity contribution in [2.45, 2.75) is 6.42 Å². The highest BCUT2D eigenvalue weighted by Crippen LogP contribution is 2.21. The molecule has 7 heteroatoms. The Morgan fingerprint density at radius 3 is 2.83 bits per heavy atom. The van der Waals surface area contributed by atoms with E-state index < -0.39 is 0 Å². The van der Waals surface area contributed by atoms with Gasteiger partial charge in [0.15, 0.2) is 11.6 Å². The summed E-state index contributed by atoms with van der Waals surface area (Å²) in [5.41, 5.74) is 6.90. The Balaban J connectivity index is 2.37. The number of halogens is 2. The molecular weight excluding hydrogens is 275 g/mol. The average molecular weight is 285 g/mol. The molecule has 0 saturated carbocycles. The van der Waals surface area contributed by atoms with Crippen LogP contribution in [0.4, 0.5) is 11.6 Å². The predicted molar refractivity (Wildman–Crippen MR) is 72.9 cm³/mol.